The molecule has 0 fully saturated rings. The van der Waals surface area contributed by atoms with Crippen LogP contribution in [0.2, 0.25) is 5.02 Å². The number of benzene rings is 2. The van der Waals surface area contributed by atoms with Crippen molar-refractivity contribution >= 4 is 29.0 Å². The van der Waals surface area contributed by atoms with Gasteiger partial charge in [-0.25, -0.2) is 9.37 Å². The lowest BCUT2D eigenvalue weighted by molar-refractivity contribution is 0.102. The van der Waals surface area contributed by atoms with Crippen LogP contribution in [0, 0.1) is 5.82 Å². The summed E-state index contributed by atoms with van der Waals surface area (Å²) in [5, 5.41) is 6.40. The summed E-state index contributed by atoms with van der Waals surface area (Å²) >= 11 is 5.83. The Morgan fingerprint density at radius 2 is 1.84 bits per heavy atom. The van der Waals surface area contributed by atoms with Gasteiger partial charge in [0, 0.05) is 34.6 Å². The molecule has 126 valence electrons. The van der Waals surface area contributed by atoms with Gasteiger partial charge in [-0.15, -0.1) is 0 Å². The maximum Gasteiger partial charge on any atom is 0.255 e. The van der Waals surface area contributed by atoms with Gasteiger partial charge >= 0.3 is 0 Å². The van der Waals surface area contributed by atoms with Crippen molar-refractivity contribution in [2.24, 2.45) is 0 Å². The van der Waals surface area contributed by atoms with E-state index in [2.05, 4.69) is 15.6 Å². The van der Waals surface area contributed by atoms with E-state index in [0.29, 0.717) is 27.7 Å². The first-order valence-corrected chi connectivity index (χ1v) is 8.00. The van der Waals surface area contributed by atoms with Crippen molar-refractivity contribution in [3.05, 3.63) is 88.8 Å². The van der Waals surface area contributed by atoms with Crippen LogP contribution in [-0.2, 0) is 6.54 Å². The molecule has 25 heavy (non-hydrogen) atoms. The van der Waals surface area contributed by atoms with Gasteiger partial charge in [0.25, 0.3) is 5.91 Å². The quantitative estimate of drug-likeness (QED) is 0.695. The van der Waals surface area contributed by atoms with Gasteiger partial charge in [-0.3, -0.25) is 4.79 Å². The molecule has 0 unspecified atom stereocenters. The lowest BCUT2D eigenvalue weighted by Gasteiger charge is -2.09. The Balaban J connectivity index is 1.67. The summed E-state index contributed by atoms with van der Waals surface area (Å²) < 4.78 is 13.6. The number of hydrogen-bond acceptors (Lipinski definition) is 3. The lowest BCUT2D eigenvalue weighted by atomic mass is 10.2. The predicted molar refractivity (Wildman–Crippen MR) is 97.4 cm³/mol. The number of nitrogens with zero attached hydrogens (tertiary/aromatic N) is 1. The molecule has 6 heteroatoms. The van der Waals surface area contributed by atoms with E-state index in [-0.39, 0.29) is 18.3 Å². The largest absolute Gasteiger partial charge is 0.366 e. The zero-order chi connectivity index (χ0) is 17.6. The summed E-state index contributed by atoms with van der Waals surface area (Å²) in [6, 6.07) is 16.6. The standard InChI is InChI=1S/C19H15ClFN3O/c20-15-5-7-16(8-6-15)24-19(25)13-9-10-22-18(11-13)23-12-14-3-1-2-4-17(14)21/h1-11H,12H2,(H,22,23)(H,24,25). The molecular formula is C19H15ClFN3O. The lowest BCUT2D eigenvalue weighted by Crippen LogP contribution is -2.12. The molecule has 4 nitrogen and oxygen atoms in total. The molecule has 3 aromatic rings. The molecule has 3 rings (SSSR count). The third kappa shape index (κ3) is 4.55. The predicted octanol–water partition coefficient (Wildman–Crippen LogP) is 4.74. The van der Waals surface area contributed by atoms with Crippen molar-refractivity contribution < 1.29 is 9.18 Å². The molecule has 0 atom stereocenters. The second-order valence-corrected chi connectivity index (χ2v) is 5.77. The van der Waals surface area contributed by atoms with Crippen LogP contribution in [0.4, 0.5) is 15.9 Å². The fourth-order valence-corrected chi connectivity index (χ4v) is 2.36. The zero-order valence-corrected chi connectivity index (χ0v) is 13.9. The molecule has 0 aliphatic carbocycles. The van der Waals surface area contributed by atoms with Gasteiger partial charge in [0.15, 0.2) is 0 Å². The van der Waals surface area contributed by atoms with Gasteiger partial charge in [0.2, 0.25) is 0 Å². The number of nitrogens with one attached hydrogen (secondary N) is 2. The third-order valence-corrected chi connectivity index (χ3v) is 3.79. The summed E-state index contributed by atoms with van der Waals surface area (Å²) in [6.45, 7) is 0.280. The summed E-state index contributed by atoms with van der Waals surface area (Å²) in [6.07, 6.45) is 1.53. The molecule has 1 heterocycles. The van der Waals surface area contributed by atoms with Gasteiger partial charge < -0.3 is 10.6 Å². The van der Waals surface area contributed by atoms with E-state index in [0.717, 1.165) is 0 Å². The molecule has 2 aromatic carbocycles. The molecule has 2 N–H and O–H groups in total. The number of aromatic nitrogens is 1. The van der Waals surface area contributed by atoms with E-state index in [1.807, 2.05) is 0 Å². The molecule has 0 bridgehead atoms. The Labute approximate surface area is 149 Å². The van der Waals surface area contributed by atoms with E-state index in [9.17, 15) is 9.18 Å². The van der Waals surface area contributed by atoms with Crippen LogP contribution in [0.3, 0.4) is 0 Å². The van der Waals surface area contributed by atoms with Gasteiger partial charge in [0.1, 0.15) is 11.6 Å². The van der Waals surface area contributed by atoms with Crippen molar-refractivity contribution in [3.63, 3.8) is 0 Å². The highest BCUT2D eigenvalue weighted by molar-refractivity contribution is 6.30. The Bertz CT molecular complexity index is 884. The Morgan fingerprint density at radius 1 is 1.08 bits per heavy atom. The van der Waals surface area contributed by atoms with Crippen LogP contribution >= 0.6 is 11.6 Å². The number of rotatable bonds is 5. The van der Waals surface area contributed by atoms with Crippen LogP contribution in [0.25, 0.3) is 0 Å². The van der Waals surface area contributed by atoms with E-state index in [1.165, 1.54) is 12.3 Å². The second kappa shape index (κ2) is 7.77. The summed E-state index contributed by atoms with van der Waals surface area (Å²) in [5.74, 6) is -0.0580. The Hall–Kier alpha value is -2.92. The SMILES string of the molecule is O=C(Nc1ccc(Cl)cc1)c1ccnc(NCc2ccccc2F)c1. The highest BCUT2D eigenvalue weighted by atomic mass is 35.5. The minimum atomic E-state index is -0.286. The van der Waals surface area contributed by atoms with Crippen molar-refractivity contribution in [2.75, 3.05) is 10.6 Å². The molecule has 1 aromatic heterocycles. The molecule has 0 aliphatic heterocycles. The number of hydrogen-bond donors (Lipinski definition) is 2. The average Bonchev–Trinajstić information content (AvgIpc) is 2.63. The van der Waals surface area contributed by atoms with Gasteiger partial charge in [-0.05, 0) is 42.5 Å². The molecule has 0 aliphatic rings. The first kappa shape index (κ1) is 16.9. The smallest absolute Gasteiger partial charge is 0.255 e. The van der Waals surface area contributed by atoms with Crippen LogP contribution in [0.15, 0.2) is 66.9 Å². The Morgan fingerprint density at radius 3 is 2.60 bits per heavy atom. The first-order chi connectivity index (χ1) is 12.1. The van der Waals surface area contributed by atoms with E-state index >= 15 is 0 Å². The number of carbonyl (C=O) groups excluding carboxylic acids is 1. The van der Waals surface area contributed by atoms with Crippen LogP contribution in [-0.4, -0.2) is 10.9 Å². The number of amides is 1. The van der Waals surface area contributed by atoms with Gasteiger partial charge in [-0.1, -0.05) is 29.8 Å². The second-order valence-electron chi connectivity index (χ2n) is 5.34. The normalized spacial score (nSPS) is 10.3. The highest BCUT2D eigenvalue weighted by Gasteiger charge is 2.08. The first-order valence-electron chi connectivity index (χ1n) is 7.62. The monoisotopic (exact) mass is 355 g/mol. The number of carbonyl (C=O) groups is 1. The molecule has 0 spiro atoms. The van der Waals surface area contributed by atoms with Gasteiger partial charge in [-0.2, -0.15) is 0 Å². The highest BCUT2D eigenvalue weighted by Crippen LogP contribution is 2.16. The fourth-order valence-electron chi connectivity index (χ4n) is 2.23. The van der Waals surface area contributed by atoms with Crippen molar-refractivity contribution in [3.8, 4) is 0 Å². The number of halogens is 2. The molecule has 0 radical (unpaired) electrons. The Kier molecular flexibility index (Phi) is 5.26. The average molecular weight is 356 g/mol. The fraction of sp³-hybridized carbons (Fsp3) is 0.0526. The van der Waals surface area contributed by atoms with E-state index in [1.54, 1.807) is 54.6 Å². The summed E-state index contributed by atoms with van der Waals surface area (Å²) in [7, 11) is 0. The van der Waals surface area contributed by atoms with E-state index < -0.39 is 0 Å². The maximum atomic E-state index is 13.6. The van der Waals surface area contributed by atoms with Crippen LogP contribution < -0.4 is 10.6 Å². The molecule has 1 amide bonds. The molecule has 0 saturated heterocycles. The topological polar surface area (TPSA) is 54.0 Å². The van der Waals surface area contributed by atoms with Crippen LogP contribution in [0.5, 0.6) is 0 Å². The molecular weight excluding hydrogens is 341 g/mol. The van der Waals surface area contributed by atoms with Crippen LogP contribution in [0.1, 0.15) is 15.9 Å². The van der Waals surface area contributed by atoms with Crippen molar-refractivity contribution in [1.29, 1.82) is 0 Å². The van der Waals surface area contributed by atoms with Crippen molar-refractivity contribution in [2.45, 2.75) is 6.54 Å². The van der Waals surface area contributed by atoms with Gasteiger partial charge in [0.05, 0.1) is 0 Å². The number of pyridine rings is 1. The minimum Gasteiger partial charge on any atom is -0.366 e. The summed E-state index contributed by atoms with van der Waals surface area (Å²) in [4.78, 5) is 16.5. The van der Waals surface area contributed by atoms with Crippen molar-refractivity contribution in [1.82, 2.24) is 4.98 Å². The number of anilines is 2. The summed E-state index contributed by atoms with van der Waals surface area (Å²) in [5.41, 5.74) is 1.62. The maximum absolute atomic E-state index is 13.6. The third-order valence-electron chi connectivity index (χ3n) is 3.54. The molecule has 0 saturated carbocycles. The minimum absolute atomic E-state index is 0.265. The zero-order valence-electron chi connectivity index (χ0n) is 13.2. The van der Waals surface area contributed by atoms with E-state index in [4.69, 9.17) is 11.6 Å².